The summed E-state index contributed by atoms with van der Waals surface area (Å²) < 4.78 is 0. The van der Waals surface area contributed by atoms with Crippen LogP contribution in [0.5, 0.6) is 0 Å². The molecule has 0 spiro atoms. The highest BCUT2D eigenvalue weighted by Crippen LogP contribution is 2.41. The maximum Gasteiger partial charge on any atom is 0.128 e. The van der Waals surface area contributed by atoms with E-state index in [0.717, 1.165) is 10.6 Å². The highest BCUT2D eigenvalue weighted by Gasteiger charge is 2.28. The molecular formula is C7H6N2S. The lowest BCUT2D eigenvalue weighted by Crippen LogP contribution is -1.80. The van der Waals surface area contributed by atoms with Crippen LogP contribution in [0, 0.1) is 11.3 Å². The van der Waals surface area contributed by atoms with Crippen molar-refractivity contribution in [1.82, 2.24) is 4.98 Å². The van der Waals surface area contributed by atoms with Crippen molar-refractivity contribution in [2.45, 2.75) is 18.8 Å². The van der Waals surface area contributed by atoms with Crippen LogP contribution >= 0.6 is 11.3 Å². The standard InChI is InChI=1S/C7H6N2S/c8-3-6-7(5-1-2-5)9-4-10-6/h4-5H,1-2H2. The minimum absolute atomic E-state index is 0.612. The van der Waals surface area contributed by atoms with Gasteiger partial charge in [-0.2, -0.15) is 5.26 Å². The van der Waals surface area contributed by atoms with Gasteiger partial charge in [0.05, 0.1) is 11.2 Å². The maximum absolute atomic E-state index is 8.60. The Morgan fingerprint density at radius 1 is 1.70 bits per heavy atom. The normalized spacial score (nSPS) is 16.7. The van der Waals surface area contributed by atoms with Crippen molar-refractivity contribution in [2.24, 2.45) is 0 Å². The first-order valence-corrected chi connectivity index (χ1v) is 4.13. The molecule has 0 amide bonds. The van der Waals surface area contributed by atoms with Crippen molar-refractivity contribution in [2.75, 3.05) is 0 Å². The molecule has 1 saturated carbocycles. The van der Waals surface area contributed by atoms with E-state index in [4.69, 9.17) is 5.26 Å². The summed E-state index contributed by atoms with van der Waals surface area (Å²) >= 11 is 1.45. The van der Waals surface area contributed by atoms with Crippen LogP contribution in [0.2, 0.25) is 0 Å². The predicted molar refractivity (Wildman–Crippen MR) is 38.8 cm³/mol. The second kappa shape index (κ2) is 2.06. The summed E-state index contributed by atoms with van der Waals surface area (Å²) in [6, 6.07) is 2.15. The molecule has 1 aromatic rings. The molecule has 0 unspecified atom stereocenters. The van der Waals surface area contributed by atoms with Crippen LogP contribution in [-0.4, -0.2) is 4.98 Å². The van der Waals surface area contributed by atoms with Gasteiger partial charge >= 0.3 is 0 Å². The SMILES string of the molecule is N#Cc1scnc1C1CC1. The summed E-state index contributed by atoms with van der Waals surface area (Å²) in [7, 11) is 0. The van der Waals surface area contributed by atoms with Crippen LogP contribution in [0.15, 0.2) is 5.51 Å². The first-order chi connectivity index (χ1) is 4.92. The summed E-state index contributed by atoms with van der Waals surface area (Å²) in [5.41, 5.74) is 2.79. The molecule has 2 rings (SSSR count). The summed E-state index contributed by atoms with van der Waals surface area (Å²) in [5, 5.41) is 8.60. The first-order valence-electron chi connectivity index (χ1n) is 3.25. The van der Waals surface area contributed by atoms with Crippen molar-refractivity contribution in [1.29, 1.82) is 5.26 Å². The molecular weight excluding hydrogens is 144 g/mol. The molecule has 50 valence electrons. The van der Waals surface area contributed by atoms with Crippen LogP contribution in [0.25, 0.3) is 0 Å². The van der Waals surface area contributed by atoms with Gasteiger partial charge in [-0.05, 0) is 12.8 Å². The smallest absolute Gasteiger partial charge is 0.128 e. The van der Waals surface area contributed by atoms with Crippen LogP contribution in [0.1, 0.15) is 29.3 Å². The van der Waals surface area contributed by atoms with E-state index < -0.39 is 0 Å². The van der Waals surface area contributed by atoms with Crippen molar-refractivity contribution >= 4 is 11.3 Å². The average Bonchev–Trinajstić information content (AvgIpc) is 2.69. The molecule has 0 atom stereocenters. The number of aromatic nitrogens is 1. The van der Waals surface area contributed by atoms with Crippen LogP contribution < -0.4 is 0 Å². The zero-order chi connectivity index (χ0) is 6.97. The van der Waals surface area contributed by atoms with Gasteiger partial charge in [0.25, 0.3) is 0 Å². The van der Waals surface area contributed by atoms with Gasteiger partial charge < -0.3 is 0 Å². The summed E-state index contributed by atoms with van der Waals surface area (Å²) in [6.07, 6.45) is 2.44. The Labute approximate surface area is 63.1 Å². The van der Waals surface area contributed by atoms with Gasteiger partial charge in [-0.15, -0.1) is 11.3 Å². The van der Waals surface area contributed by atoms with Gasteiger partial charge in [0.15, 0.2) is 0 Å². The Hall–Kier alpha value is -0.880. The molecule has 1 fully saturated rings. The zero-order valence-electron chi connectivity index (χ0n) is 5.37. The number of thiazole rings is 1. The fourth-order valence-electron chi connectivity index (χ4n) is 0.986. The van der Waals surface area contributed by atoms with Crippen molar-refractivity contribution in [3.05, 3.63) is 16.1 Å². The molecule has 1 aromatic heterocycles. The largest absolute Gasteiger partial charge is 0.248 e. The van der Waals surface area contributed by atoms with Gasteiger partial charge in [-0.25, -0.2) is 4.98 Å². The third-order valence-electron chi connectivity index (χ3n) is 1.66. The Morgan fingerprint density at radius 2 is 2.50 bits per heavy atom. The number of hydrogen-bond acceptors (Lipinski definition) is 3. The van der Waals surface area contributed by atoms with E-state index in [9.17, 15) is 0 Å². The third-order valence-corrected chi connectivity index (χ3v) is 2.41. The Bertz CT molecular complexity index is 280. The van der Waals surface area contributed by atoms with Crippen LogP contribution in [0.4, 0.5) is 0 Å². The van der Waals surface area contributed by atoms with Gasteiger partial charge in [0.1, 0.15) is 10.9 Å². The fourth-order valence-corrected chi connectivity index (χ4v) is 1.65. The molecule has 1 aliphatic rings. The first kappa shape index (κ1) is 5.87. The van der Waals surface area contributed by atoms with E-state index >= 15 is 0 Å². The predicted octanol–water partition coefficient (Wildman–Crippen LogP) is 1.89. The van der Waals surface area contributed by atoms with Gasteiger partial charge in [0, 0.05) is 5.92 Å². The number of nitriles is 1. The second-order valence-corrected chi connectivity index (χ2v) is 3.31. The highest BCUT2D eigenvalue weighted by molar-refractivity contribution is 7.10. The van der Waals surface area contributed by atoms with Gasteiger partial charge in [0.2, 0.25) is 0 Å². The molecule has 10 heavy (non-hydrogen) atoms. The molecule has 0 saturated heterocycles. The van der Waals surface area contributed by atoms with Crippen molar-refractivity contribution < 1.29 is 0 Å². The number of rotatable bonds is 1. The Kier molecular flexibility index (Phi) is 1.21. The summed E-state index contributed by atoms with van der Waals surface area (Å²) in [4.78, 5) is 4.95. The number of nitrogens with zero attached hydrogens (tertiary/aromatic N) is 2. The molecule has 1 heterocycles. The third kappa shape index (κ3) is 0.812. The maximum atomic E-state index is 8.60. The lowest BCUT2D eigenvalue weighted by molar-refractivity contribution is 1.04. The Morgan fingerprint density at radius 3 is 3.10 bits per heavy atom. The van der Waals surface area contributed by atoms with Crippen molar-refractivity contribution in [3.63, 3.8) is 0 Å². The van der Waals surface area contributed by atoms with Crippen molar-refractivity contribution in [3.8, 4) is 6.07 Å². The van der Waals surface area contributed by atoms with E-state index in [1.165, 1.54) is 24.2 Å². The zero-order valence-corrected chi connectivity index (χ0v) is 6.19. The second-order valence-electron chi connectivity index (χ2n) is 2.45. The molecule has 0 aliphatic heterocycles. The highest BCUT2D eigenvalue weighted by atomic mass is 32.1. The topological polar surface area (TPSA) is 36.7 Å². The molecule has 0 N–H and O–H groups in total. The monoisotopic (exact) mass is 150 g/mol. The minimum atomic E-state index is 0.612. The van der Waals surface area contributed by atoms with E-state index in [0.29, 0.717) is 5.92 Å². The number of hydrogen-bond donors (Lipinski definition) is 0. The van der Waals surface area contributed by atoms with Crippen LogP contribution in [0.3, 0.4) is 0 Å². The van der Waals surface area contributed by atoms with Gasteiger partial charge in [-0.1, -0.05) is 0 Å². The molecule has 0 bridgehead atoms. The van der Waals surface area contributed by atoms with E-state index in [2.05, 4.69) is 11.1 Å². The van der Waals surface area contributed by atoms with E-state index in [-0.39, 0.29) is 0 Å². The van der Waals surface area contributed by atoms with Crippen LogP contribution in [-0.2, 0) is 0 Å². The molecule has 1 aliphatic carbocycles. The lowest BCUT2D eigenvalue weighted by atomic mass is 10.3. The lowest BCUT2D eigenvalue weighted by Gasteiger charge is -1.86. The fraction of sp³-hybridized carbons (Fsp3) is 0.429. The van der Waals surface area contributed by atoms with E-state index in [1.807, 2.05) is 0 Å². The molecule has 0 aromatic carbocycles. The quantitative estimate of drug-likeness (QED) is 0.613. The molecule has 0 radical (unpaired) electrons. The minimum Gasteiger partial charge on any atom is -0.248 e. The summed E-state index contributed by atoms with van der Waals surface area (Å²) in [5.74, 6) is 0.612. The average molecular weight is 150 g/mol. The summed E-state index contributed by atoms with van der Waals surface area (Å²) in [6.45, 7) is 0. The van der Waals surface area contributed by atoms with E-state index in [1.54, 1.807) is 5.51 Å². The van der Waals surface area contributed by atoms with Gasteiger partial charge in [-0.3, -0.25) is 0 Å². The molecule has 2 nitrogen and oxygen atoms in total. The molecule has 3 heteroatoms. The Balaban J connectivity index is 2.40.